The number of carbonyl (C=O) groups excluding carboxylic acids is 1. The number of hydrogen-bond acceptors (Lipinski definition) is 4. The number of morpholine rings is 1. The van der Waals surface area contributed by atoms with E-state index in [1.54, 1.807) is 0 Å². The summed E-state index contributed by atoms with van der Waals surface area (Å²) >= 11 is 0. The first kappa shape index (κ1) is 17.4. The molecule has 2 saturated heterocycles. The Morgan fingerprint density at radius 3 is 2.83 bits per heavy atom. The van der Waals surface area contributed by atoms with Crippen LogP contribution in [-0.2, 0) is 16.1 Å². The zero-order chi connectivity index (χ0) is 16.9. The average molecular weight is 332 g/mol. The van der Waals surface area contributed by atoms with Crippen LogP contribution in [0.1, 0.15) is 25.3 Å². The fourth-order valence-corrected chi connectivity index (χ4v) is 3.71. The second kappa shape index (κ2) is 8.10. The van der Waals surface area contributed by atoms with Gasteiger partial charge in [0.25, 0.3) is 0 Å². The van der Waals surface area contributed by atoms with Crippen molar-refractivity contribution in [1.82, 2.24) is 9.80 Å². The number of ether oxygens (including phenoxy) is 1. The van der Waals surface area contributed by atoms with Gasteiger partial charge < -0.3 is 14.7 Å². The largest absolute Gasteiger partial charge is 0.394 e. The van der Waals surface area contributed by atoms with Crippen molar-refractivity contribution >= 4 is 5.91 Å². The van der Waals surface area contributed by atoms with Crippen LogP contribution in [0.15, 0.2) is 30.3 Å². The zero-order valence-electron chi connectivity index (χ0n) is 14.4. The van der Waals surface area contributed by atoms with Gasteiger partial charge in [-0.3, -0.25) is 9.69 Å². The zero-order valence-corrected chi connectivity index (χ0v) is 14.4. The average Bonchev–Trinajstić information content (AvgIpc) is 2.63. The molecule has 5 heteroatoms. The number of aliphatic hydroxyl groups is 1. The summed E-state index contributed by atoms with van der Waals surface area (Å²) in [5.74, 6) is 0.282. The van der Waals surface area contributed by atoms with Crippen molar-refractivity contribution in [3.63, 3.8) is 0 Å². The van der Waals surface area contributed by atoms with Crippen molar-refractivity contribution in [2.75, 3.05) is 32.8 Å². The van der Waals surface area contributed by atoms with Crippen LogP contribution in [0.2, 0.25) is 0 Å². The van der Waals surface area contributed by atoms with Crippen molar-refractivity contribution in [3.05, 3.63) is 35.9 Å². The minimum atomic E-state index is -0.242. The molecule has 0 radical (unpaired) electrons. The molecule has 2 heterocycles. The van der Waals surface area contributed by atoms with Gasteiger partial charge in [-0.1, -0.05) is 30.3 Å². The molecule has 0 aliphatic carbocycles. The third kappa shape index (κ3) is 4.15. The maximum Gasteiger partial charge on any atom is 0.227 e. The fraction of sp³-hybridized carbons (Fsp3) is 0.632. The normalized spacial score (nSPS) is 28.8. The Bertz CT molecular complexity index is 537. The Balaban J connectivity index is 1.60. The molecule has 132 valence electrons. The topological polar surface area (TPSA) is 53.0 Å². The summed E-state index contributed by atoms with van der Waals surface area (Å²) in [6, 6.07) is 10.5. The first-order valence-electron chi connectivity index (χ1n) is 8.96. The van der Waals surface area contributed by atoms with Crippen LogP contribution in [0.4, 0.5) is 0 Å². The van der Waals surface area contributed by atoms with E-state index in [-0.39, 0.29) is 30.6 Å². The lowest BCUT2D eigenvalue weighted by Crippen LogP contribution is -2.55. The van der Waals surface area contributed by atoms with Crippen LogP contribution in [0, 0.1) is 5.92 Å². The van der Waals surface area contributed by atoms with E-state index in [1.807, 2.05) is 17.9 Å². The Morgan fingerprint density at radius 2 is 2.08 bits per heavy atom. The minimum absolute atomic E-state index is 0.0265. The molecular weight excluding hydrogens is 304 g/mol. The number of hydrogen-bond donors (Lipinski definition) is 1. The van der Waals surface area contributed by atoms with Gasteiger partial charge >= 0.3 is 0 Å². The van der Waals surface area contributed by atoms with Gasteiger partial charge in [0.2, 0.25) is 5.91 Å². The van der Waals surface area contributed by atoms with Crippen LogP contribution in [-0.4, -0.2) is 65.8 Å². The number of carbonyl (C=O) groups is 1. The lowest BCUT2D eigenvalue weighted by Gasteiger charge is -2.41. The highest BCUT2D eigenvalue weighted by atomic mass is 16.5. The summed E-state index contributed by atoms with van der Waals surface area (Å²) in [7, 11) is 0. The predicted molar refractivity (Wildman–Crippen MR) is 92.4 cm³/mol. The van der Waals surface area contributed by atoms with Gasteiger partial charge in [0.05, 0.1) is 31.3 Å². The number of piperidine rings is 1. The number of likely N-dealkylation sites (tertiary alicyclic amines) is 1. The van der Waals surface area contributed by atoms with E-state index in [0.29, 0.717) is 13.2 Å². The molecule has 2 aliphatic heterocycles. The third-order valence-electron chi connectivity index (χ3n) is 5.10. The summed E-state index contributed by atoms with van der Waals surface area (Å²) in [6.07, 6.45) is 1.78. The summed E-state index contributed by atoms with van der Waals surface area (Å²) in [5.41, 5.74) is 1.30. The van der Waals surface area contributed by atoms with Crippen molar-refractivity contribution in [2.24, 2.45) is 5.92 Å². The SMILES string of the molecule is CC1COC(CO)CN1C(=O)C1CCCN(Cc2ccccc2)C1. The first-order chi connectivity index (χ1) is 11.7. The summed E-state index contributed by atoms with van der Waals surface area (Å²) < 4.78 is 5.55. The molecule has 1 N–H and O–H groups in total. The second-order valence-corrected chi connectivity index (χ2v) is 7.04. The number of rotatable bonds is 4. The molecule has 3 atom stereocenters. The highest BCUT2D eigenvalue weighted by Gasteiger charge is 2.35. The molecule has 0 aromatic heterocycles. The van der Waals surface area contributed by atoms with Crippen LogP contribution in [0.5, 0.6) is 0 Å². The summed E-state index contributed by atoms with van der Waals surface area (Å²) in [5, 5.41) is 9.32. The maximum atomic E-state index is 13.0. The third-order valence-corrected chi connectivity index (χ3v) is 5.10. The Kier molecular flexibility index (Phi) is 5.87. The van der Waals surface area contributed by atoms with Crippen LogP contribution >= 0.6 is 0 Å². The Morgan fingerprint density at radius 1 is 1.29 bits per heavy atom. The molecule has 0 bridgehead atoms. The predicted octanol–water partition coefficient (Wildman–Crippen LogP) is 1.51. The number of aliphatic hydroxyl groups excluding tert-OH is 1. The van der Waals surface area contributed by atoms with Gasteiger partial charge in [0, 0.05) is 19.6 Å². The van der Waals surface area contributed by atoms with Crippen molar-refractivity contribution in [3.8, 4) is 0 Å². The Hall–Kier alpha value is -1.43. The molecule has 2 fully saturated rings. The molecule has 2 aliphatic rings. The van der Waals surface area contributed by atoms with E-state index in [9.17, 15) is 9.90 Å². The molecule has 5 nitrogen and oxygen atoms in total. The molecule has 3 rings (SSSR count). The van der Waals surface area contributed by atoms with E-state index in [0.717, 1.165) is 32.5 Å². The van der Waals surface area contributed by atoms with Crippen LogP contribution in [0.3, 0.4) is 0 Å². The lowest BCUT2D eigenvalue weighted by molar-refractivity contribution is -0.152. The van der Waals surface area contributed by atoms with Crippen LogP contribution in [0.25, 0.3) is 0 Å². The van der Waals surface area contributed by atoms with Crippen LogP contribution < -0.4 is 0 Å². The van der Waals surface area contributed by atoms with Gasteiger partial charge in [-0.15, -0.1) is 0 Å². The van der Waals surface area contributed by atoms with E-state index in [4.69, 9.17) is 4.74 Å². The van der Waals surface area contributed by atoms with E-state index < -0.39 is 0 Å². The standard InChI is InChI=1S/C19H28N2O3/c1-15-14-24-18(13-22)12-21(15)19(23)17-8-5-9-20(11-17)10-16-6-3-2-4-7-16/h2-4,6-7,15,17-18,22H,5,8-14H2,1H3. The second-order valence-electron chi connectivity index (χ2n) is 7.04. The van der Waals surface area contributed by atoms with E-state index in [2.05, 4.69) is 29.2 Å². The van der Waals surface area contributed by atoms with E-state index >= 15 is 0 Å². The number of amides is 1. The van der Waals surface area contributed by atoms with Gasteiger partial charge in [-0.05, 0) is 31.9 Å². The minimum Gasteiger partial charge on any atom is -0.394 e. The van der Waals surface area contributed by atoms with Crippen molar-refractivity contribution in [1.29, 1.82) is 0 Å². The van der Waals surface area contributed by atoms with Gasteiger partial charge in [0.15, 0.2) is 0 Å². The van der Waals surface area contributed by atoms with E-state index in [1.165, 1.54) is 5.56 Å². The molecule has 3 unspecified atom stereocenters. The molecule has 1 amide bonds. The number of benzene rings is 1. The first-order valence-corrected chi connectivity index (χ1v) is 8.96. The Labute approximate surface area is 144 Å². The maximum absolute atomic E-state index is 13.0. The summed E-state index contributed by atoms with van der Waals surface area (Å²) in [4.78, 5) is 17.3. The fourth-order valence-electron chi connectivity index (χ4n) is 3.71. The van der Waals surface area contributed by atoms with Gasteiger partial charge in [0.1, 0.15) is 0 Å². The monoisotopic (exact) mass is 332 g/mol. The molecule has 0 spiro atoms. The van der Waals surface area contributed by atoms with Crippen molar-refractivity contribution < 1.29 is 14.6 Å². The lowest BCUT2D eigenvalue weighted by atomic mass is 9.95. The molecule has 24 heavy (non-hydrogen) atoms. The summed E-state index contributed by atoms with van der Waals surface area (Å²) in [6.45, 7) is 5.79. The number of nitrogens with zero attached hydrogens (tertiary/aromatic N) is 2. The molecular formula is C19H28N2O3. The molecule has 1 aromatic rings. The molecule has 0 saturated carbocycles. The molecule has 1 aromatic carbocycles. The van der Waals surface area contributed by atoms with Gasteiger partial charge in [-0.2, -0.15) is 0 Å². The van der Waals surface area contributed by atoms with Crippen molar-refractivity contribution in [2.45, 2.75) is 38.5 Å². The smallest absolute Gasteiger partial charge is 0.227 e. The van der Waals surface area contributed by atoms with Gasteiger partial charge in [-0.25, -0.2) is 0 Å². The quantitative estimate of drug-likeness (QED) is 0.908. The highest BCUT2D eigenvalue weighted by Crippen LogP contribution is 2.23. The highest BCUT2D eigenvalue weighted by molar-refractivity contribution is 5.79.